The first-order valence-corrected chi connectivity index (χ1v) is 6.12. The molecule has 88 valence electrons. The van der Waals surface area contributed by atoms with Gasteiger partial charge in [0.1, 0.15) is 11.6 Å². The first kappa shape index (κ1) is 11.4. The molecule has 1 aromatic rings. The molecule has 0 saturated heterocycles. The molecule has 1 saturated carbocycles. The Kier molecular flexibility index (Phi) is 2.87. The van der Waals surface area contributed by atoms with Crippen LogP contribution in [0.3, 0.4) is 0 Å². The van der Waals surface area contributed by atoms with Crippen molar-refractivity contribution in [3.63, 3.8) is 0 Å². The molecule has 0 spiro atoms. The van der Waals surface area contributed by atoms with E-state index in [2.05, 4.69) is 37.6 Å². The highest BCUT2D eigenvalue weighted by Crippen LogP contribution is 2.30. The van der Waals surface area contributed by atoms with Crippen molar-refractivity contribution >= 4 is 5.82 Å². The van der Waals surface area contributed by atoms with Crippen LogP contribution in [0.2, 0.25) is 0 Å². The normalized spacial score (nSPS) is 16.2. The fraction of sp³-hybridized carbons (Fsp3) is 0.692. The molecular weight excluding hydrogens is 198 g/mol. The van der Waals surface area contributed by atoms with Crippen LogP contribution in [0.15, 0.2) is 12.3 Å². The van der Waals surface area contributed by atoms with Gasteiger partial charge in [0, 0.05) is 24.2 Å². The molecule has 1 aromatic heterocycles. The van der Waals surface area contributed by atoms with Crippen molar-refractivity contribution in [1.82, 2.24) is 9.97 Å². The van der Waals surface area contributed by atoms with Crippen molar-refractivity contribution in [2.24, 2.45) is 0 Å². The molecule has 0 radical (unpaired) electrons. The number of rotatable bonds is 3. The molecule has 0 atom stereocenters. The molecular formula is C13H21N3. The topological polar surface area (TPSA) is 29.0 Å². The first-order chi connectivity index (χ1) is 7.52. The summed E-state index contributed by atoms with van der Waals surface area (Å²) in [7, 11) is 0. The van der Waals surface area contributed by atoms with Gasteiger partial charge in [-0.25, -0.2) is 9.97 Å². The van der Waals surface area contributed by atoms with Gasteiger partial charge in [0.15, 0.2) is 0 Å². The second-order valence-corrected chi connectivity index (χ2v) is 5.51. The van der Waals surface area contributed by atoms with Gasteiger partial charge in [-0.2, -0.15) is 0 Å². The number of nitrogens with zero attached hydrogens (tertiary/aromatic N) is 3. The molecule has 1 fully saturated rings. The average Bonchev–Trinajstić information content (AvgIpc) is 3.02. The maximum Gasteiger partial charge on any atom is 0.135 e. The zero-order chi connectivity index (χ0) is 11.8. The van der Waals surface area contributed by atoms with Crippen LogP contribution in [0.25, 0.3) is 0 Å². The Labute approximate surface area is 97.9 Å². The van der Waals surface area contributed by atoms with Gasteiger partial charge < -0.3 is 4.90 Å². The Morgan fingerprint density at radius 3 is 2.56 bits per heavy atom. The molecule has 3 nitrogen and oxygen atoms in total. The van der Waals surface area contributed by atoms with Crippen LogP contribution >= 0.6 is 0 Å². The summed E-state index contributed by atoms with van der Waals surface area (Å²) in [5.74, 6) is 2.02. The van der Waals surface area contributed by atoms with Crippen molar-refractivity contribution in [3.8, 4) is 0 Å². The second-order valence-electron chi connectivity index (χ2n) is 5.51. The smallest absolute Gasteiger partial charge is 0.135 e. The molecule has 1 heterocycles. The van der Waals surface area contributed by atoms with Gasteiger partial charge >= 0.3 is 0 Å². The summed E-state index contributed by atoms with van der Waals surface area (Å²) in [6.07, 6.45) is 4.50. The van der Waals surface area contributed by atoms with Gasteiger partial charge in [-0.15, -0.1) is 0 Å². The second kappa shape index (κ2) is 4.04. The lowest BCUT2D eigenvalue weighted by Gasteiger charge is -2.24. The van der Waals surface area contributed by atoms with Crippen LogP contribution < -0.4 is 4.90 Å². The summed E-state index contributed by atoms with van der Waals surface area (Å²) in [6.45, 7) is 9.68. The summed E-state index contributed by atoms with van der Waals surface area (Å²) < 4.78 is 0. The van der Waals surface area contributed by atoms with Gasteiger partial charge in [0.25, 0.3) is 0 Å². The third-order valence-electron chi connectivity index (χ3n) is 2.93. The molecule has 0 N–H and O–H groups in total. The Balaban J connectivity index is 2.27. The van der Waals surface area contributed by atoms with Crippen LogP contribution in [0, 0.1) is 0 Å². The van der Waals surface area contributed by atoms with E-state index in [1.165, 1.54) is 12.8 Å². The zero-order valence-electron chi connectivity index (χ0n) is 10.7. The van der Waals surface area contributed by atoms with Crippen molar-refractivity contribution < 1.29 is 0 Å². The minimum atomic E-state index is 0.0268. The van der Waals surface area contributed by atoms with Gasteiger partial charge in [0.2, 0.25) is 0 Å². The highest BCUT2D eigenvalue weighted by Gasteiger charge is 2.29. The van der Waals surface area contributed by atoms with Gasteiger partial charge in [-0.3, -0.25) is 0 Å². The van der Waals surface area contributed by atoms with Crippen molar-refractivity contribution in [3.05, 3.63) is 18.1 Å². The summed E-state index contributed by atoms with van der Waals surface area (Å²) in [5.41, 5.74) is 0.0268. The summed E-state index contributed by atoms with van der Waals surface area (Å²) in [6, 6.07) is 2.74. The Morgan fingerprint density at radius 1 is 1.38 bits per heavy atom. The highest BCUT2D eigenvalue weighted by molar-refractivity contribution is 5.41. The van der Waals surface area contributed by atoms with E-state index in [1.807, 2.05) is 12.3 Å². The van der Waals surface area contributed by atoms with E-state index in [0.29, 0.717) is 6.04 Å². The SMILES string of the molecule is CCN(c1ccnc(C(C)(C)C)n1)C1CC1. The van der Waals surface area contributed by atoms with E-state index >= 15 is 0 Å². The Bertz CT molecular complexity index is 364. The Morgan fingerprint density at radius 2 is 2.06 bits per heavy atom. The maximum absolute atomic E-state index is 4.69. The lowest BCUT2D eigenvalue weighted by atomic mass is 9.96. The average molecular weight is 219 g/mol. The number of hydrogen-bond acceptors (Lipinski definition) is 3. The van der Waals surface area contributed by atoms with Gasteiger partial charge in [0.05, 0.1) is 0 Å². The molecule has 1 aliphatic rings. The quantitative estimate of drug-likeness (QED) is 0.782. The van der Waals surface area contributed by atoms with E-state index in [9.17, 15) is 0 Å². The van der Waals surface area contributed by atoms with E-state index in [4.69, 9.17) is 4.98 Å². The standard InChI is InChI=1S/C13H21N3/c1-5-16(10-6-7-10)11-8-9-14-12(15-11)13(2,3)4/h8-10H,5-7H2,1-4H3. The minimum Gasteiger partial charge on any atom is -0.354 e. The third kappa shape index (κ3) is 2.34. The lowest BCUT2D eigenvalue weighted by molar-refractivity contribution is 0.543. The fourth-order valence-electron chi connectivity index (χ4n) is 1.86. The van der Waals surface area contributed by atoms with Crippen LogP contribution in [-0.4, -0.2) is 22.6 Å². The molecule has 3 heteroatoms. The maximum atomic E-state index is 4.69. The summed E-state index contributed by atoms with van der Waals surface area (Å²) in [4.78, 5) is 11.4. The predicted molar refractivity (Wildman–Crippen MR) is 66.8 cm³/mol. The van der Waals surface area contributed by atoms with E-state index in [0.717, 1.165) is 18.2 Å². The largest absolute Gasteiger partial charge is 0.354 e. The number of anilines is 1. The van der Waals surface area contributed by atoms with E-state index in [-0.39, 0.29) is 5.41 Å². The van der Waals surface area contributed by atoms with Crippen molar-refractivity contribution in [2.75, 3.05) is 11.4 Å². The molecule has 1 aliphatic carbocycles. The van der Waals surface area contributed by atoms with E-state index in [1.54, 1.807) is 0 Å². The monoisotopic (exact) mass is 219 g/mol. The molecule has 0 aliphatic heterocycles. The van der Waals surface area contributed by atoms with Crippen LogP contribution in [0.1, 0.15) is 46.4 Å². The summed E-state index contributed by atoms with van der Waals surface area (Å²) in [5, 5.41) is 0. The zero-order valence-corrected chi connectivity index (χ0v) is 10.7. The van der Waals surface area contributed by atoms with Crippen molar-refractivity contribution in [2.45, 2.75) is 52.0 Å². The van der Waals surface area contributed by atoms with Crippen molar-refractivity contribution in [1.29, 1.82) is 0 Å². The van der Waals surface area contributed by atoms with Crippen LogP contribution in [0.4, 0.5) is 5.82 Å². The third-order valence-corrected chi connectivity index (χ3v) is 2.93. The molecule has 0 amide bonds. The molecule has 2 rings (SSSR count). The Hall–Kier alpha value is -1.12. The minimum absolute atomic E-state index is 0.0268. The molecule has 16 heavy (non-hydrogen) atoms. The highest BCUT2D eigenvalue weighted by atomic mass is 15.2. The summed E-state index contributed by atoms with van der Waals surface area (Å²) >= 11 is 0. The molecule has 0 bridgehead atoms. The fourth-order valence-corrected chi connectivity index (χ4v) is 1.86. The van der Waals surface area contributed by atoms with Crippen LogP contribution in [-0.2, 0) is 5.41 Å². The first-order valence-electron chi connectivity index (χ1n) is 6.12. The van der Waals surface area contributed by atoms with E-state index < -0.39 is 0 Å². The molecule has 0 aromatic carbocycles. The lowest BCUT2D eigenvalue weighted by Crippen LogP contribution is -2.27. The van der Waals surface area contributed by atoms with Gasteiger partial charge in [-0.1, -0.05) is 20.8 Å². The van der Waals surface area contributed by atoms with Crippen LogP contribution in [0.5, 0.6) is 0 Å². The predicted octanol–water partition coefficient (Wildman–Crippen LogP) is 2.76. The number of aromatic nitrogens is 2. The van der Waals surface area contributed by atoms with Gasteiger partial charge in [-0.05, 0) is 25.8 Å². The number of hydrogen-bond donors (Lipinski definition) is 0. The molecule has 0 unspecified atom stereocenters.